The van der Waals surface area contributed by atoms with Gasteiger partial charge in [-0.3, -0.25) is 9.59 Å². The normalized spacial score (nSPS) is 12.0. The SMILES string of the molecule is CCCCCCCCCCCCC(=O)OC[C@H](CO)OC(=O)CCCCCCCCCCCC. The van der Waals surface area contributed by atoms with E-state index in [0.29, 0.717) is 12.8 Å². The summed E-state index contributed by atoms with van der Waals surface area (Å²) < 4.78 is 10.5. The van der Waals surface area contributed by atoms with Crippen molar-refractivity contribution in [1.29, 1.82) is 0 Å². The van der Waals surface area contributed by atoms with Crippen molar-refractivity contribution in [1.82, 2.24) is 0 Å². The maximum atomic E-state index is 12.0. The molecule has 34 heavy (non-hydrogen) atoms. The molecule has 0 aromatic carbocycles. The molecular formula is C29H56O5. The summed E-state index contributed by atoms with van der Waals surface area (Å²) in [5.74, 6) is -0.590. The zero-order chi connectivity index (χ0) is 25.1. The predicted molar refractivity (Wildman–Crippen MR) is 141 cm³/mol. The number of carbonyl (C=O) groups is 2. The Hall–Kier alpha value is -1.10. The standard InChI is InChI=1S/C29H56O5/c1-3-5-7-9-11-13-15-17-19-21-23-28(31)33-26-27(25-30)34-29(32)24-22-20-18-16-14-12-10-8-6-4-2/h27,30H,3-26H2,1-2H3/t27-/m0/s1. The Balaban J connectivity index is 3.59. The Bertz CT molecular complexity index is 452. The smallest absolute Gasteiger partial charge is 0.306 e. The fraction of sp³-hybridized carbons (Fsp3) is 0.931. The highest BCUT2D eigenvalue weighted by Crippen LogP contribution is 2.13. The number of aliphatic hydroxyl groups excluding tert-OH is 1. The first-order chi connectivity index (χ1) is 16.6. The van der Waals surface area contributed by atoms with Crippen LogP contribution in [0.4, 0.5) is 0 Å². The van der Waals surface area contributed by atoms with Gasteiger partial charge in [0.25, 0.3) is 0 Å². The van der Waals surface area contributed by atoms with Crippen molar-refractivity contribution >= 4 is 11.9 Å². The van der Waals surface area contributed by atoms with Crippen LogP contribution in [0.5, 0.6) is 0 Å². The monoisotopic (exact) mass is 484 g/mol. The van der Waals surface area contributed by atoms with Gasteiger partial charge in [0.05, 0.1) is 6.61 Å². The molecule has 0 radical (unpaired) electrons. The number of unbranched alkanes of at least 4 members (excludes halogenated alkanes) is 18. The maximum absolute atomic E-state index is 12.0. The Labute approximate surface area is 210 Å². The Morgan fingerprint density at radius 1 is 0.559 bits per heavy atom. The molecule has 1 N–H and O–H groups in total. The minimum atomic E-state index is -0.757. The van der Waals surface area contributed by atoms with Crippen LogP contribution in [0, 0.1) is 0 Å². The van der Waals surface area contributed by atoms with E-state index in [2.05, 4.69) is 13.8 Å². The Kier molecular flexibility index (Phi) is 25.6. The summed E-state index contributed by atoms with van der Waals surface area (Å²) in [6.45, 7) is 4.09. The largest absolute Gasteiger partial charge is 0.462 e. The van der Waals surface area contributed by atoms with Crippen LogP contribution < -0.4 is 0 Å². The van der Waals surface area contributed by atoms with E-state index < -0.39 is 6.10 Å². The van der Waals surface area contributed by atoms with Crippen LogP contribution in [0.3, 0.4) is 0 Å². The third-order valence-corrected chi connectivity index (χ3v) is 6.40. The van der Waals surface area contributed by atoms with Crippen LogP contribution in [0.25, 0.3) is 0 Å². The number of carbonyl (C=O) groups excluding carboxylic acids is 2. The van der Waals surface area contributed by atoms with Gasteiger partial charge in [-0.15, -0.1) is 0 Å². The second-order valence-corrected chi connectivity index (χ2v) is 9.84. The summed E-state index contributed by atoms with van der Waals surface area (Å²) >= 11 is 0. The van der Waals surface area contributed by atoms with Crippen LogP contribution in [-0.2, 0) is 19.1 Å². The van der Waals surface area contributed by atoms with E-state index in [-0.39, 0.29) is 25.2 Å². The fourth-order valence-corrected chi connectivity index (χ4v) is 4.14. The molecule has 0 bridgehead atoms. The first-order valence-corrected chi connectivity index (χ1v) is 14.6. The molecule has 0 aromatic heterocycles. The van der Waals surface area contributed by atoms with Crippen molar-refractivity contribution in [3.63, 3.8) is 0 Å². The van der Waals surface area contributed by atoms with Gasteiger partial charge in [0.15, 0.2) is 6.10 Å². The van der Waals surface area contributed by atoms with Gasteiger partial charge in [0.2, 0.25) is 0 Å². The first kappa shape index (κ1) is 32.9. The van der Waals surface area contributed by atoms with Gasteiger partial charge in [-0.05, 0) is 12.8 Å². The van der Waals surface area contributed by atoms with Gasteiger partial charge in [-0.2, -0.15) is 0 Å². The summed E-state index contributed by atoms with van der Waals surface area (Å²) in [4.78, 5) is 23.9. The lowest BCUT2D eigenvalue weighted by Gasteiger charge is -2.15. The minimum absolute atomic E-state index is 0.0587. The van der Waals surface area contributed by atoms with Crippen LogP contribution in [-0.4, -0.2) is 36.4 Å². The third-order valence-electron chi connectivity index (χ3n) is 6.40. The third kappa shape index (κ3) is 24.0. The van der Waals surface area contributed by atoms with E-state index in [4.69, 9.17) is 9.47 Å². The van der Waals surface area contributed by atoms with Gasteiger partial charge in [0, 0.05) is 12.8 Å². The van der Waals surface area contributed by atoms with Crippen molar-refractivity contribution in [2.75, 3.05) is 13.2 Å². The van der Waals surface area contributed by atoms with Gasteiger partial charge in [-0.25, -0.2) is 0 Å². The minimum Gasteiger partial charge on any atom is -0.462 e. The predicted octanol–water partition coefficient (Wildman–Crippen LogP) is 8.06. The molecule has 0 saturated heterocycles. The summed E-state index contributed by atoms with van der Waals surface area (Å²) in [7, 11) is 0. The number of esters is 2. The lowest BCUT2D eigenvalue weighted by molar-refractivity contribution is -0.161. The average molecular weight is 485 g/mol. The highest BCUT2D eigenvalue weighted by atomic mass is 16.6. The highest BCUT2D eigenvalue weighted by Gasteiger charge is 2.16. The highest BCUT2D eigenvalue weighted by molar-refractivity contribution is 5.70. The van der Waals surface area contributed by atoms with Crippen LogP contribution in [0.1, 0.15) is 155 Å². The quantitative estimate of drug-likeness (QED) is 0.0992. The molecule has 5 nitrogen and oxygen atoms in total. The molecule has 0 aliphatic carbocycles. The summed E-state index contributed by atoms with van der Waals surface area (Å²) in [6, 6.07) is 0. The molecule has 202 valence electrons. The molecule has 0 heterocycles. The molecule has 0 unspecified atom stereocenters. The zero-order valence-electron chi connectivity index (χ0n) is 22.6. The number of hydrogen-bond acceptors (Lipinski definition) is 5. The molecular weight excluding hydrogens is 428 g/mol. The molecule has 0 saturated carbocycles. The summed E-state index contributed by atoms with van der Waals surface area (Å²) in [6.07, 6.45) is 24.4. The molecule has 0 aliphatic rings. The second-order valence-electron chi connectivity index (χ2n) is 9.84. The zero-order valence-corrected chi connectivity index (χ0v) is 22.6. The lowest BCUT2D eigenvalue weighted by Crippen LogP contribution is -2.28. The molecule has 0 aromatic rings. The number of rotatable bonds is 26. The van der Waals surface area contributed by atoms with E-state index in [1.54, 1.807) is 0 Å². The molecule has 0 fully saturated rings. The van der Waals surface area contributed by atoms with Crippen molar-refractivity contribution < 1.29 is 24.2 Å². The molecule has 5 heteroatoms. The summed E-state index contributed by atoms with van der Waals surface area (Å²) in [5.41, 5.74) is 0. The molecule has 0 aliphatic heterocycles. The van der Waals surface area contributed by atoms with Gasteiger partial charge in [0.1, 0.15) is 6.61 Å². The van der Waals surface area contributed by atoms with Gasteiger partial charge >= 0.3 is 11.9 Å². The molecule has 0 amide bonds. The van der Waals surface area contributed by atoms with E-state index in [1.807, 2.05) is 0 Å². The van der Waals surface area contributed by atoms with Crippen molar-refractivity contribution in [3.05, 3.63) is 0 Å². The van der Waals surface area contributed by atoms with E-state index in [0.717, 1.165) is 38.5 Å². The van der Waals surface area contributed by atoms with E-state index in [1.165, 1.54) is 89.9 Å². The van der Waals surface area contributed by atoms with E-state index in [9.17, 15) is 14.7 Å². The van der Waals surface area contributed by atoms with Crippen LogP contribution >= 0.6 is 0 Å². The number of aliphatic hydroxyl groups is 1. The Morgan fingerprint density at radius 3 is 1.29 bits per heavy atom. The van der Waals surface area contributed by atoms with Crippen molar-refractivity contribution in [3.8, 4) is 0 Å². The second kappa shape index (κ2) is 26.5. The molecule has 1 atom stereocenters. The van der Waals surface area contributed by atoms with E-state index >= 15 is 0 Å². The fourth-order valence-electron chi connectivity index (χ4n) is 4.14. The molecule has 0 rings (SSSR count). The van der Waals surface area contributed by atoms with Crippen LogP contribution in [0.2, 0.25) is 0 Å². The Morgan fingerprint density at radius 2 is 0.912 bits per heavy atom. The molecule has 0 spiro atoms. The maximum Gasteiger partial charge on any atom is 0.306 e. The lowest BCUT2D eigenvalue weighted by atomic mass is 10.1. The topological polar surface area (TPSA) is 72.8 Å². The number of ether oxygens (including phenoxy) is 2. The van der Waals surface area contributed by atoms with Gasteiger partial charge in [-0.1, -0.05) is 129 Å². The van der Waals surface area contributed by atoms with Crippen LogP contribution in [0.15, 0.2) is 0 Å². The van der Waals surface area contributed by atoms with Gasteiger partial charge < -0.3 is 14.6 Å². The summed E-state index contributed by atoms with van der Waals surface area (Å²) in [5, 5.41) is 9.43. The number of hydrogen-bond donors (Lipinski definition) is 1. The first-order valence-electron chi connectivity index (χ1n) is 14.6. The van der Waals surface area contributed by atoms with Crippen molar-refractivity contribution in [2.45, 2.75) is 161 Å². The average Bonchev–Trinajstić information content (AvgIpc) is 2.84. The van der Waals surface area contributed by atoms with Crippen molar-refractivity contribution in [2.24, 2.45) is 0 Å².